The van der Waals surface area contributed by atoms with Crippen molar-refractivity contribution in [2.45, 2.75) is 18.6 Å². The minimum atomic E-state index is -3.08. The number of hydrogen-bond donors (Lipinski definition) is 0. The van der Waals surface area contributed by atoms with Gasteiger partial charge in [-0.25, -0.2) is 8.42 Å². The number of thiophene rings is 1. The first-order valence-electron chi connectivity index (χ1n) is 7.21. The lowest BCUT2D eigenvalue weighted by molar-refractivity contribution is 0.0772. The molecule has 0 aliphatic carbocycles. The van der Waals surface area contributed by atoms with Gasteiger partial charge < -0.3 is 9.47 Å². The van der Waals surface area contributed by atoms with E-state index in [1.165, 1.54) is 11.3 Å². The molecule has 1 aliphatic rings. The smallest absolute Gasteiger partial charge is 0.266 e. The molecular formula is C15H18N2O3S2. The summed E-state index contributed by atoms with van der Waals surface area (Å²) in [5, 5.41) is 1.51. The molecule has 0 unspecified atom stereocenters. The maximum Gasteiger partial charge on any atom is 0.266 e. The summed E-state index contributed by atoms with van der Waals surface area (Å²) in [6.07, 6.45) is 4.29. The number of hydrogen-bond acceptors (Lipinski definition) is 4. The van der Waals surface area contributed by atoms with Crippen LogP contribution in [0, 0.1) is 0 Å². The third-order valence-electron chi connectivity index (χ3n) is 4.07. The summed E-state index contributed by atoms with van der Waals surface area (Å²) in [6, 6.07) is 5.73. The van der Waals surface area contributed by atoms with Crippen LogP contribution in [0.3, 0.4) is 0 Å². The summed E-state index contributed by atoms with van der Waals surface area (Å²) in [6.45, 7) is 2.48. The second-order valence-corrected chi connectivity index (χ2v) is 8.94. The van der Waals surface area contributed by atoms with Crippen LogP contribution in [0.15, 0.2) is 36.0 Å². The second kappa shape index (κ2) is 5.89. The van der Waals surface area contributed by atoms with Gasteiger partial charge in [-0.05, 0) is 36.9 Å². The van der Waals surface area contributed by atoms with Gasteiger partial charge in [-0.1, -0.05) is 0 Å². The van der Waals surface area contributed by atoms with Crippen LogP contribution in [-0.2, 0) is 9.84 Å². The molecule has 0 saturated carbocycles. The van der Waals surface area contributed by atoms with Gasteiger partial charge in [0.05, 0.1) is 16.7 Å². The SMILES string of the molecule is C[C@@H]1CCN(C(=O)c2sccc2-n2cccc2)CCS1(=O)=O. The number of sulfone groups is 1. The van der Waals surface area contributed by atoms with Gasteiger partial charge >= 0.3 is 0 Å². The van der Waals surface area contributed by atoms with Crippen molar-refractivity contribution in [1.82, 2.24) is 9.47 Å². The molecule has 2 aromatic rings. The van der Waals surface area contributed by atoms with E-state index in [-0.39, 0.29) is 23.5 Å². The standard InChI is InChI=1S/C15H18N2O3S2/c1-12-4-8-17(9-11-22(12,19)20)15(18)14-13(5-10-21-14)16-6-2-3-7-16/h2-3,5-7,10,12H,4,8-9,11H2,1H3/t12-/m1/s1. The van der Waals surface area contributed by atoms with E-state index in [1.807, 2.05) is 40.5 Å². The molecule has 1 amide bonds. The Kier molecular flexibility index (Phi) is 4.10. The number of carbonyl (C=O) groups is 1. The van der Waals surface area contributed by atoms with E-state index in [0.717, 1.165) is 5.69 Å². The van der Waals surface area contributed by atoms with Gasteiger partial charge in [0.25, 0.3) is 5.91 Å². The molecule has 2 aromatic heterocycles. The van der Waals surface area contributed by atoms with E-state index < -0.39 is 9.84 Å². The maximum atomic E-state index is 12.8. The lowest BCUT2D eigenvalue weighted by Gasteiger charge is -2.20. The van der Waals surface area contributed by atoms with Gasteiger partial charge in [0.15, 0.2) is 9.84 Å². The molecule has 1 aliphatic heterocycles. The third kappa shape index (κ3) is 2.83. The van der Waals surface area contributed by atoms with Crippen LogP contribution < -0.4 is 0 Å². The van der Waals surface area contributed by atoms with Crippen molar-refractivity contribution in [2.75, 3.05) is 18.8 Å². The molecule has 0 aromatic carbocycles. The molecule has 118 valence electrons. The highest BCUT2D eigenvalue weighted by molar-refractivity contribution is 7.92. The number of amides is 1. The molecule has 0 radical (unpaired) electrons. The van der Waals surface area contributed by atoms with E-state index in [2.05, 4.69) is 0 Å². The van der Waals surface area contributed by atoms with E-state index >= 15 is 0 Å². The topological polar surface area (TPSA) is 59.4 Å². The zero-order chi connectivity index (χ0) is 15.7. The Bertz CT molecular complexity index is 763. The van der Waals surface area contributed by atoms with Crippen LogP contribution in [-0.4, -0.2) is 47.9 Å². The fourth-order valence-corrected chi connectivity index (χ4v) is 4.77. The largest absolute Gasteiger partial charge is 0.337 e. The Morgan fingerprint density at radius 2 is 2.00 bits per heavy atom. The molecule has 3 rings (SSSR count). The zero-order valence-electron chi connectivity index (χ0n) is 12.3. The Labute approximate surface area is 134 Å². The van der Waals surface area contributed by atoms with Crippen molar-refractivity contribution in [3.8, 4) is 5.69 Å². The third-order valence-corrected chi connectivity index (χ3v) is 7.18. The molecule has 1 fully saturated rings. The van der Waals surface area contributed by atoms with Crippen LogP contribution >= 0.6 is 11.3 Å². The van der Waals surface area contributed by atoms with Crippen molar-refractivity contribution in [3.63, 3.8) is 0 Å². The predicted molar refractivity (Wildman–Crippen MR) is 87.4 cm³/mol. The molecule has 5 nitrogen and oxygen atoms in total. The first-order chi connectivity index (χ1) is 10.5. The van der Waals surface area contributed by atoms with Crippen LogP contribution in [0.4, 0.5) is 0 Å². The number of aromatic nitrogens is 1. The summed E-state index contributed by atoms with van der Waals surface area (Å²) in [7, 11) is -3.08. The summed E-state index contributed by atoms with van der Waals surface area (Å²) in [4.78, 5) is 15.1. The zero-order valence-corrected chi connectivity index (χ0v) is 13.9. The highest BCUT2D eigenvalue weighted by Gasteiger charge is 2.30. The van der Waals surface area contributed by atoms with Crippen molar-refractivity contribution < 1.29 is 13.2 Å². The minimum Gasteiger partial charge on any atom is -0.337 e. The molecule has 0 bridgehead atoms. The molecule has 3 heterocycles. The van der Waals surface area contributed by atoms with Crippen molar-refractivity contribution in [2.24, 2.45) is 0 Å². The Hall–Kier alpha value is -1.60. The molecular weight excluding hydrogens is 320 g/mol. The van der Waals surface area contributed by atoms with Crippen LogP contribution in [0.1, 0.15) is 23.0 Å². The predicted octanol–water partition coefficient (Wildman–Crippen LogP) is 2.19. The fraction of sp³-hybridized carbons (Fsp3) is 0.400. The first kappa shape index (κ1) is 15.3. The van der Waals surface area contributed by atoms with Gasteiger partial charge in [-0.3, -0.25) is 4.79 Å². The molecule has 0 N–H and O–H groups in total. The van der Waals surface area contributed by atoms with E-state index in [0.29, 0.717) is 17.8 Å². The van der Waals surface area contributed by atoms with E-state index in [1.54, 1.807) is 11.8 Å². The molecule has 7 heteroatoms. The van der Waals surface area contributed by atoms with Crippen molar-refractivity contribution >= 4 is 27.1 Å². The average molecular weight is 338 g/mol. The van der Waals surface area contributed by atoms with Gasteiger partial charge in [0.1, 0.15) is 4.88 Å². The van der Waals surface area contributed by atoms with Gasteiger partial charge in [0, 0.05) is 25.5 Å². The molecule has 1 atom stereocenters. The van der Waals surface area contributed by atoms with Crippen molar-refractivity contribution in [1.29, 1.82) is 0 Å². The van der Waals surface area contributed by atoms with Crippen LogP contribution in [0.25, 0.3) is 5.69 Å². The second-order valence-electron chi connectivity index (χ2n) is 5.48. The quantitative estimate of drug-likeness (QED) is 0.843. The number of carbonyl (C=O) groups excluding carboxylic acids is 1. The number of nitrogens with zero attached hydrogens (tertiary/aromatic N) is 2. The Balaban J connectivity index is 1.85. The lowest BCUT2D eigenvalue weighted by Crippen LogP contribution is -2.33. The summed E-state index contributed by atoms with van der Waals surface area (Å²) < 4.78 is 25.8. The van der Waals surface area contributed by atoms with Crippen LogP contribution in [0.5, 0.6) is 0 Å². The van der Waals surface area contributed by atoms with Crippen molar-refractivity contribution in [3.05, 3.63) is 40.8 Å². The minimum absolute atomic E-state index is 0.0458. The van der Waals surface area contributed by atoms with E-state index in [9.17, 15) is 13.2 Å². The maximum absolute atomic E-state index is 12.8. The van der Waals surface area contributed by atoms with E-state index in [4.69, 9.17) is 0 Å². The average Bonchev–Trinajstić information content (AvgIpc) is 3.14. The Morgan fingerprint density at radius 3 is 2.73 bits per heavy atom. The highest BCUT2D eigenvalue weighted by atomic mass is 32.2. The monoisotopic (exact) mass is 338 g/mol. The Morgan fingerprint density at radius 1 is 1.27 bits per heavy atom. The van der Waals surface area contributed by atoms with Gasteiger partial charge in [0.2, 0.25) is 0 Å². The molecule has 22 heavy (non-hydrogen) atoms. The normalized spacial score (nSPS) is 21.5. The molecule has 0 spiro atoms. The fourth-order valence-electron chi connectivity index (χ4n) is 2.58. The van der Waals surface area contributed by atoms with Gasteiger partial charge in [-0.2, -0.15) is 0 Å². The summed E-state index contributed by atoms with van der Waals surface area (Å²) >= 11 is 1.40. The lowest BCUT2D eigenvalue weighted by atomic mass is 10.2. The highest BCUT2D eigenvalue weighted by Crippen LogP contribution is 2.24. The molecule has 1 saturated heterocycles. The first-order valence-corrected chi connectivity index (χ1v) is 9.80. The summed E-state index contributed by atoms with van der Waals surface area (Å²) in [5.41, 5.74) is 0.847. The van der Waals surface area contributed by atoms with Crippen LogP contribution in [0.2, 0.25) is 0 Å². The summed E-state index contributed by atoms with van der Waals surface area (Å²) in [5.74, 6) is -0.0348. The number of rotatable bonds is 2. The van der Waals surface area contributed by atoms with Gasteiger partial charge in [-0.15, -0.1) is 11.3 Å².